The molecule has 1 aliphatic carbocycles. The molecule has 0 N–H and O–H groups in total. The molecular formula is C19H36N6. The quantitative estimate of drug-likeness (QED) is 0.790. The van der Waals surface area contributed by atoms with E-state index < -0.39 is 0 Å². The van der Waals surface area contributed by atoms with Gasteiger partial charge in [-0.25, -0.2) is 4.68 Å². The van der Waals surface area contributed by atoms with Crippen molar-refractivity contribution < 1.29 is 0 Å². The van der Waals surface area contributed by atoms with E-state index in [1.54, 1.807) is 0 Å². The van der Waals surface area contributed by atoms with Crippen molar-refractivity contribution in [3.05, 3.63) is 5.82 Å². The van der Waals surface area contributed by atoms with Gasteiger partial charge in [-0.3, -0.25) is 9.80 Å². The molecule has 6 heteroatoms. The Labute approximate surface area is 152 Å². The van der Waals surface area contributed by atoms with E-state index >= 15 is 0 Å². The Hall–Kier alpha value is -1.01. The second-order valence-corrected chi connectivity index (χ2v) is 8.40. The van der Waals surface area contributed by atoms with Crippen LogP contribution in [0.3, 0.4) is 0 Å². The fraction of sp³-hybridized carbons (Fsp3) is 0.947. The zero-order chi connectivity index (χ0) is 17.9. The summed E-state index contributed by atoms with van der Waals surface area (Å²) in [4.78, 5) is 5.34. The number of hydrogen-bond acceptors (Lipinski definition) is 5. The van der Waals surface area contributed by atoms with Crippen LogP contribution in [0.2, 0.25) is 0 Å². The summed E-state index contributed by atoms with van der Waals surface area (Å²) >= 11 is 0. The van der Waals surface area contributed by atoms with E-state index in [1.807, 2.05) is 0 Å². The molecule has 2 heterocycles. The molecule has 0 bridgehead atoms. The molecule has 6 nitrogen and oxygen atoms in total. The first-order valence-electron chi connectivity index (χ1n) is 10.3. The lowest BCUT2D eigenvalue weighted by molar-refractivity contribution is 0.0499. The second-order valence-electron chi connectivity index (χ2n) is 8.40. The first-order chi connectivity index (χ1) is 12.1. The molecule has 1 unspecified atom stereocenters. The Bertz CT molecular complexity index is 526. The maximum absolute atomic E-state index is 4.43. The molecule has 1 aliphatic heterocycles. The van der Waals surface area contributed by atoms with E-state index in [-0.39, 0.29) is 5.54 Å². The van der Waals surface area contributed by atoms with Gasteiger partial charge in [-0.05, 0) is 50.0 Å². The molecule has 142 valence electrons. The van der Waals surface area contributed by atoms with Crippen molar-refractivity contribution in [2.24, 2.45) is 0 Å². The van der Waals surface area contributed by atoms with E-state index in [0.29, 0.717) is 6.04 Å². The van der Waals surface area contributed by atoms with Crippen LogP contribution in [0, 0.1) is 0 Å². The lowest BCUT2D eigenvalue weighted by Crippen LogP contribution is -2.52. The van der Waals surface area contributed by atoms with Gasteiger partial charge in [0.2, 0.25) is 0 Å². The topological polar surface area (TPSA) is 50.1 Å². The summed E-state index contributed by atoms with van der Waals surface area (Å²) in [7, 11) is 0. The summed E-state index contributed by atoms with van der Waals surface area (Å²) in [5.74, 6) is 1.04. The van der Waals surface area contributed by atoms with Gasteiger partial charge in [0.15, 0.2) is 5.82 Å². The maximum atomic E-state index is 4.43. The normalized spacial score (nSPS) is 23.0. The molecule has 25 heavy (non-hydrogen) atoms. The number of aromatic nitrogens is 4. The maximum Gasteiger partial charge on any atom is 0.168 e. The van der Waals surface area contributed by atoms with E-state index in [4.69, 9.17) is 0 Å². The highest BCUT2D eigenvalue weighted by Crippen LogP contribution is 2.30. The van der Waals surface area contributed by atoms with Crippen LogP contribution in [0.5, 0.6) is 0 Å². The van der Waals surface area contributed by atoms with E-state index in [2.05, 4.69) is 57.7 Å². The SMILES string of the molecule is CCC(c1nnnn1C(C)(C)CC)N1CCN(C2CCCCC2)CC1. The van der Waals surface area contributed by atoms with Crippen LogP contribution in [0.4, 0.5) is 0 Å². The van der Waals surface area contributed by atoms with Gasteiger partial charge >= 0.3 is 0 Å². The summed E-state index contributed by atoms with van der Waals surface area (Å²) in [6.45, 7) is 13.6. The summed E-state index contributed by atoms with van der Waals surface area (Å²) in [5.41, 5.74) is -0.0316. The summed E-state index contributed by atoms with van der Waals surface area (Å²) < 4.78 is 2.06. The van der Waals surface area contributed by atoms with E-state index in [9.17, 15) is 0 Å². The van der Waals surface area contributed by atoms with Crippen molar-refractivity contribution >= 4 is 0 Å². The smallest absolute Gasteiger partial charge is 0.168 e. The zero-order valence-electron chi connectivity index (χ0n) is 16.6. The number of piperazine rings is 1. The monoisotopic (exact) mass is 348 g/mol. The third-order valence-corrected chi connectivity index (χ3v) is 6.50. The molecule has 0 spiro atoms. The van der Waals surface area contributed by atoms with Crippen molar-refractivity contribution in [2.45, 2.75) is 90.3 Å². The molecule has 0 radical (unpaired) electrons. The highest BCUT2D eigenvalue weighted by molar-refractivity contribution is 4.98. The van der Waals surface area contributed by atoms with Gasteiger partial charge in [-0.2, -0.15) is 0 Å². The van der Waals surface area contributed by atoms with Gasteiger partial charge in [0, 0.05) is 32.2 Å². The average Bonchev–Trinajstić information content (AvgIpc) is 3.14. The number of rotatable bonds is 6. The minimum absolute atomic E-state index is 0.0316. The van der Waals surface area contributed by atoms with Crippen molar-refractivity contribution in [2.75, 3.05) is 26.2 Å². The van der Waals surface area contributed by atoms with Crippen LogP contribution in [-0.2, 0) is 5.54 Å². The molecule has 1 atom stereocenters. The Morgan fingerprint density at radius 3 is 2.32 bits per heavy atom. The molecular weight excluding hydrogens is 312 g/mol. The van der Waals surface area contributed by atoms with Crippen LogP contribution in [0.25, 0.3) is 0 Å². The predicted molar refractivity (Wildman–Crippen MR) is 100 cm³/mol. The highest BCUT2D eigenvalue weighted by atomic mass is 15.6. The molecule has 1 aromatic rings. The van der Waals surface area contributed by atoms with Gasteiger partial charge in [-0.1, -0.05) is 33.1 Å². The van der Waals surface area contributed by atoms with Crippen LogP contribution in [-0.4, -0.2) is 62.2 Å². The first-order valence-corrected chi connectivity index (χ1v) is 10.3. The van der Waals surface area contributed by atoms with Crippen LogP contribution < -0.4 is 0 Å². The van der Waals surface area contributed by atoms with Crippen molar-refractivity contribution in [1.29, 1.82) is 0 Å². The van der Waals surface area contributed by atoms with Crippen LogP contribution >= 0.6 is 0 Å². The van der Waals surface area contributed by atoms with Gasteiger partial charge in [0.1, 0.15) is 0 Å². The molecule has 2 aliphatic rings. The van der Waals surface area contributed by atoms with Crippen molar-refractivity contribution in [3.63, 3.8) is 0 Å². The van der Waals surface area contributed by atoms with Crippen LogP contribution in [0.15, 0.2) is 0 Å². The molecule has 1 aromatic heterocycles. The van der Waals surface area contributed by atoms with Gasteiger partial charge in [-0.15, -0.1) is 5.10 Å². The first kappa shape index (κ1) is 18.8. The Balaban J connectivity index is 1.66. The fourth-order valence-corrected chi connectivity index (χ4v) is 4.45. The van der Waals surface area contributed by atoms with Crippen molar-refractivity contribution in [1.82, 2.24) is 30.0 Å². The molecule has 1 saturated heterocycles. The summed E-state index contributed by atoms with van der Waals surface area (Å²) in [6, 6.07) is 1.16. The number of tetrazole rings is 1. The summed E-state index contributed by atoms with van der Waals surface area (Å²) in [5, 5.41) is 12.8. The minimum atomic E-state index is -0.0316. The lowest BCUT2D eigenvalue weighted by atomic mass is 9.93. The molecule has 0 amide bonds. The van der Waals surface area contributed by atoms with Gasteiger partial charge < -0.3 is 0 Å². The van der Waals surface area contributed by atoms with Crippen molar-refractivity contribution in [3.8, 4) is 0 Å². The second kappa shape index (κ2) is 8.12. The number of hydrogen-bond donors (Lipinski definition) is 0. The number of nitrogens with zero attached hydrogens (tertiary/aromatic N) is 6. The largest absolute Gasteiger partial charge is 0.298 e. The highest BCUT2D eigenvalue weighted by Gasteiger charge is 2.33. The van der Waals surface area contributed by atoms with E-state index in [0.717, 1.165) is 37.8 Å². The standard InChI is InChI=1S/C19H36N6/c1-5-17(18-20-21-22-25(18)19(3,4)6-2)24-14-12-23(13-15-24)16-10-8-7-9-11-16/h16-17H,5-15H2,1-4H3. The summed E-state index contributed by atoms with van der Waals surface area (Å²) in [6.07, 6.45) is 9.16. The molecule has 0 aromatic carbocycles. The van der Waals surface area contributed by atoms with E-state index in [1.165, 1.54) is 45.2 Å². The Morgan fingerprint density at radius 2 is 1.72 bits per heavy atom. The average molecular weight is 349 g/mol. The van der Waals surface area contributed by atoms with Gasteiger partial charge in [0.05, 0.1) is 11.6 Å². The Morgan fingerprint density at radius 1 is 1.04 bits per heavy atom. The minimum Gasteiger partial charge on any atom is -0.298 e. The fourth-order valence-electron chi connectivity index (χ4n) is 4.45. The zero-order valence-corrected chi connectivity index (χ0v) is 16.6. The predicted octanol–water partition coefficient (Wildman–Crippen LogP) is 3.22. The molecule has 2 fully saturated rings. The third kappa shape index (κ3) is 4.05. The lowest BCUT2D eigenvalue weighted by Gasteiger charge is -2.43. The Kier molecular flexibility index (Phi) is 6.10. The molecule has 3 rings (SSSR count). The molecule has 1 saturated carbocycles. The van der Waals surface area contributed by atoms with Crippen LogP contribution in [0.1, 0.15) is 84.5 Å². The van der Waals surface area contributed by atoms with Gasteiger partial charge in [0.25, 0.3) is 0 Å². The third-order valence-electron chi connectivity index (χ3n) is 6.50.